The standard InChI is InChI=1S/C12H18N2O5S/c15-7-8-3-1-2-4-10(8)14-20(18,19)9-5-11(12(16)17)13-6-9/h5-6,8,10,13-15H,1-4,7H2,(H,16,17). The van der Waals surface area contributed by atoms with Crippen molar-refractivity contribution in [2.24, 2.45) is 5.92 Å². The zero-order valence-corrected chi connectivity index (χ0v) is 11.7. The van der Waals surface area contributed by atoms with Gasteiger partial charge in [-0.3, -0.25) is 0 Å². The molecular formula is C12H18N2O5S. The SMILES string of the molecule is O=C(O)c1cc(S(=O)(=O)NC2CCCCC2CO)c[nH]1. The summed E-state index contributed by atoms with van der Waals surface area (Å²) in [5.41, 5.74) is -0.173. The zero-order valence-electron chi connectivity index (χ0n) is 10.9. The quantitative estimate of drug-likeness (QED) is 0.633. The first-order chi connectivity index (χ1) is 9.44. The predicted octanol–water partition coefficient (Wildman–Crippen LogP) is 0.542. The molecule has 0 spiro atoms. The van der Waals surface area contributed by atoms with Crippen molar-refractivity contribution in [1.29, 1.82) is 0 Å². The zero-order chi connectivity index (χ0) is 14.8. The summed E-state index contributed by atoms with van der Waals surface area (Å²) < 4.78 is 26.9. The number of hydrogen-bond acceptors (Lipinski definition) is 4. The van der Waals surface area contributed by atoms with Gasteiger partial charge in [0.05, 0.1) is 0 Å². The number of aliphatic hydroxyl groups is 1. The molecule has 2 unspecified atom stereocenters. The van der Waals surface area contributed by atoms with Crippen molar-refractivity contribution < 1.29 is 23.4 Å². The van der Waals surface area contributed by atoms with Crippen LogP contribution >= 0.6 is 0 Å². The van der Waals surface area contributed by atoms with Crippen LogP contribution < -0.4 is 4.72 Å². The largest absolute Gasteiger partial charge is 0.477 e. The van der Waals surface area contributed by atoms with Crippen molar-refractivity contribution in [3.05, 3.63) is 18.0 Å². The highest BCUT2D eigenvalue weighted by atomic mass is 32.2. The lowest BCUT2D eigenvalue weighted by atomic mass is 9.86. The van der Waals surface area contributed by atoms with Crippen LogP contribution in [0.4, 0.5) is 0 Å². The summed E-state index contributed by atoms with van der Waals surface area (Å²) in [7, 11) is -3.77. The van der Waals surface area contributed by atoms with E-state index in [0.29, 0.717) is 6.42 Å². The third-order valence-electron chi connectivity index (χ3n) is 3.65. The molecule has 1 saturated carbocycles. The molecule has 7 nitrogen and oxygen atoms in total. The van der Waals surface area contributed by atoms with Crippen molar-refractivity contribution in [3.8, 4) is 0 Å². The lowest BCUT2D eigenvalue weighted by molar-refractivity contribution is 0.0691. The van der Waals surface area contributed by atoms with Crippen LogP contribution in [0.15, 0.2) is 17.2 Å². The van der Waals surface area contributed by atoms with Crippen LogP contribution in [-0.4, -0.2) is 42.2 Å². The summed E-state index contributed by atoms with van der Waals surface area (Å²) in [6.07, 6.45) is 4.52. The van der Waals surface area contributed by atoms with E-state index in [1.54, 1.807) is 0 Å². The lowest BCUT2D eigenvalue weighted by Gasteiger charge is -2.30. The number of H-pyrrole nitrogens is 1. The molecule has 8 heteroatoms. The van der Waals surface area contributed by atoms with E-state index in [0.717, 1.165) is 31.5 Å². The van der Waals surface area contributed by atoms with E-state index in [1.807, 2.05) is 0 Å². The average Bonchev–Trinajstić information content (AvgIpc) is 2.89. The molecular weight excluding hydrogens is 284 g/mol. The van der Waals surface area contributed by atoms with Gasteiger partial charge in [0.2, 0.25) is 10.0 Å². The van der Waals surface area contributed by atoms with Crippen LogP contribution in [0.5, 0.6) is 0 Å². The van der Waals surface area contributed by atoms with Crippen LogP contribution in [-0.2, 0) is 10.0 Å². The molecule has 1 fully saturated rings. The highest BCUT2D eigenvalue weighted by molar-refractivity contribution is 7.89. The molecule has 0 aliphatic heterocycles. The highest BCUT2D eigenvalue weighted by Gasteiger charge is 2.29. The van der Waals surface area contributed by atoms with Gasteiger partial charge in [-0.15, -0.1) is 0 Å². The van der Waals surface area contributed by atoms with Gasteiger partial charge in [-0.2, -0.15) is 0 Å². The number of nitrogens with one attached hydrogen (secondary N) is 2. The molecule has 1 aliphatic rings. The minimum atomic E-state index is -3.77. The number of aromatic amines is 1. The minimum Gasteiger partial charge on any atom is -0.477 e. The molecule has 1 aliphatic carbocycles. The monoisotopic (exact) mass is 302 g/mol. The fourth-order valence-electron chi connectivity index (χ4n) is 2.50. The van der Waals surface area contributed by atoms with Crippen molar-refractivity contribution in [2.45, 2.75) is 36.6 Å². The Labute approximate surface area is 117 Å². The van der Waals surface area contributed by atoms with Crippen molar-refractivity contribution in [3.63, 3.8) is 0 Å². The van der Waals surface area contributed by atoms with Crippen LogP contribution in [0.2, 0.25) is 0 Å². The van der Waals surface area contributed by atoms with Crippen molar-refractivity contribution in [2.75, 3.05) is 6.61 Å². The van der Waals surface area contributed by atoms with E-state index in [-0.39, 0.29) is 29.2 Å². The van der Waals surface area contributed by atoms with E-state index in [2.05, 4.69) is 9.71 Å². The van der Waals surface area contributed by atoms with Crippen molar-refractivity contribution >= 4 is 16.0 Å². The maximum absolute atomic E-state index is 12.2. The van der Waals surface area contributed by atoms with Crippen LogP contribution in [0, 0.1) is 5.92 Å². The van der Waals surface area contributed by atoms with E-state index in [4.69, 9.17) is 5.11 Å². The first kappa shape index (κ1) is 15.0. The van der Waals surface area contributed by atoms with E-state index in [9.17, 15) is 18.3 Å². The Morgan fingerprint density at radius 2 is 2.10 bits per heavy atom. The normalized spacial score (nSPS) is 23.6. The second kappa shape index (κ2) is 5.94. The van der Waals surface area contributed by atoms with Crippen molar-refractivity contribution in [1.82, 2.24) is 9.71 Å². The molecule has 20 heavy (non-hydrogen) atoms. The Balaban J connectivity index is 2.15. The first-order valence-corrected chi connectivity index (χ1v) is 7.97. The number of aromatic carboxylic acids is 1. The Hall–Kier alpha value is -1.38. The van der Waals surface area contributed by atoms with Gasteiger partial charge < -0.3 is 15.2 Å². The molecule has 0 radical (unpaired) electrons. The number of aromatic nitrogens is 1. The van der Waals surface area contributed by atoms with Gasteiger partial charge in [0.15, 0.2) is 0 Å². The topological polar surface area (TPSA) is 119 Å². The second-order valence-corrected chi connectivity index (χ2v) is 6.72. The van der Waals surface area contributed by atoms with E-state index in [1.165, 1.54) is 0 Å². The van der Waals surface area contributed by atoms with Gasteiger partial charge in [-0.05, 0) is 24.8 Å². The molecule has 0 bridgehead atoms. The maximum Gasteiger partial charge on any atom is 0.352 e. The van der Waals surface area contributed by atoms with Crippen LogP contribution in [0.25, 0.3) is 0 Å². The van der Waals surface area contributed by atoms with E-state index < -0.39 is 16.0 Å². The van der Waals surface area contributed by atoms with Gasteiger partial charge in [0.1, 0.15) is 10.6 Å². The second-order valence-electron chi connectivity index (χ2n) is 5.01. The molecule has 2 atom stereocenters. The smallest absolute Gasteiger partial charge is 0.352 e. The predicted molar refractivity (Wildman–Crippen MR) is 70.9 cm³/mol. The summed E-state index contributed by atoms with van der Waals surface area (Å²) in [4.78, 5) is 13.1. The molecule has 4 N–H and O–H groups in total. The number of rotatable bonds is 5. The third-order valence-corrected chi connectivity index (χ3v) is 5.12. The van der Waals surface area contributed by atoms with Gasteiger partial charge in [-0.1, -0.05) is 12.8 Å². The van der Waals surface area contributed by atoms with Gasteiger partial charge in [0.25, 0.3) is 0 Å². The minimum absolute atomic E-state index is 0.0549. The summed E-state index contributed by atoms with van der Waals surface area (Å²) in [6.45, 7) is -0.0549. The van der Waals surface area contributed by atoms with Gasteiger partial charge in [0, 0.05) is 18.8 Å². The highest BCUT2D eigenvalue weighted by Crippen LogP contribution is 2.25. The fourth-order valence-corrected chi connectivity index (χ4v) is 3.83. The maximum atomic E-state index is 12.2. The molecule has 1 aromatic heterocycles. The molecule has 112 valence electrons. The fraction of sp³-hybridized carbons (Fsp3) is 0.583. The molecule has 0 amide bonds. The Morgan fingerprint density at radius 3 is 2.70 bits per heavy atom. The Kier molecular flexibility index (Phi) is 4.46. The summed E-state index contributed by atoms with van der Waals surface area (Å²) >= 11 is 0. The summed E-state index contributed by atoms with van der Waals surface area (Å²) in [5, 5.41) is 18.1. The lowest BCUT2D eigenvalue weighted by Crippen LogP contribution is -2.43. The van der Waals surface area contributed by atoms with Crippen LogP contribution in [0.1, 0.15) is 36.2 Å². The molecule has 0 aromatic carbocycles. The van der Waals surface area contributed by atoms with Crippen LogP contribution in [0.3, 0.4) is 0 Å². The Bertz CT molecular complexity index is 580. The number of aliphatic hydroxyl groups excluding tert-OH is 1. The molecule has 1 aromatic rings. The number of hydrogen-bond donors (Lipinski definition) is 4. The Morgan fingerprint density at radius 1 is 1.40 bits per heavy atom. The third kappa shape index (κ3) is 3.20. The number of carboxylic acid groups (broad SMARTS) is 1. The first-order valence-electron chi connectivity index (χ1n) is 6.49. The molecule has 2 rings (SSSR count). The van der Waals surface area contributed by atoms with Gasteiger partial charge >= 0.3 is 5.97 Å². The average molecular weight is 302 g/mol. The number of carbonyl (C=O) groups is 1. The van der Waals surface area contributed by atoms with E-state index >= 15 is 0 Å². The van der Waals surface area contributed by atoms with Gasteiger partial charge in [-0.25, -0.2) is 17.9 Å². The molecule has 1 heterocycles. The number of sulfonamides is 1. The number of carboxylic acids is 1. The summed E-state index contributed by atoms with van der Waals surface area (Å²) in [6, 6.07) is 0.781. The summed E-state index contributed by atoms with van der Waals surface area (Å²) in [5.74, 6) is -1.30. The molecule has 0 saturated heterocycles.